The van der Waals surface area contributed by atoms with E-state index >= 15 is 0 Å². The van der Waals surface area contributed by atoms with E-state index < -0.39 is 0 Å². The van der Waals surface area contributed by atoms with Crippen molar-refractivity contribution in [1.29, 1.82) is 0 Å². The second kappa shape index (κ2) is 6.66. The second-order valence-corrected chi connectivity index (χ2v) is 7.23. The normalized spacial score (nSPS) is 11.6. The van der Waals surface area contributed by atoms with Gasteiger partial charge in [0.15, 0.2) is 0 Å². The van der Waals surface area contributed by atoms with Gasteiger partial charge in [-0.05, 0) is 44.5 Å². The lowest BCUT2D eigenvalue weighted by atomic mass is 10.1. The van der Waals surface area contributed by atoms with E-state index in [1.165, 1.54) is 10.5 Å². The van der Waals surface area contributed by atoms with Gasteiger partial charge in [0.25, 0.3) is 0 Å². The first-order valence-corrected chi connectivity index (χ1v) is 7.90. The molecule has 0 aromatic heterocycles. The molecule has 0 bridgehead atoms. The fraction of sp³-hybridized carbons (Fsp3) is 0.294. The van der Waals surface area contributed by atoms with Crippen LogP contribution in [0, 0.1) is 0 Å². The summed E-state index contributed by atoms with van der Waals surface area (Å²) in [4.78, 5) is 2.34. The molecular weight excluding hydrogens is 286 g/mol. The maximum Gasteiger partial charge on any atom is 0.0545 e. The molecule has 0 amide bonds. The summed E-state index contributed by atoms with van der Waals surface area (Å²) in [5, 5.41) is 4.33. The van der Waals surface area contributed by atoms with Crippen molar-refractivity contribution in [2.75, 3.05) is 0 Å². The summed E-state index contributed by atoms with van der Waals surface area (Å²) in [5.41, 5.74) is 1.41. The van der Waals surface area contributed by atoms with E-state index in [0.29, 0.717) is 0 Å². The third kappa shape index (κ3) is 4.55. The zero-order valence-electron chi connectivity index (χ0n) is 12.1. The first kappa shape index (κ1) is 15.4. The molecule has 0 spiro atoms. The molecule has 0 aliphatic heterocycles. The Balaban J connectivity index is 2.18. The number of nitrogens with one attached hydrogen (secondary N) is 1. The van der Waals surface area contributed by atoms with Crippen molar-refractivity contribution in [3.8, 4) is 0 Å². The molecule has 3 heteroatoms. The molecule has 0 saturated carbocycles. The van der Waals surface area contributed by atoms with Gasteiger partial charge in [0.05, 0.1) is 5.02 Å². The fourth-order valence-electron chi connectivity index (χ4n) is 1.76. The maximum absolute atomic E-state index is 6.24. The van der Waals surface area contributed by atoms with Gasteiger partial charge in [-0.1, -0.05) is 53.7 Å². The Morgan fingerprint density at radius 2 is 1.55 bits per heavy atom. The van der Waals surface area contributed by atoms with Crippen LogP contribution in [0.5, 0.6) is 0 Å². The molecule has 2 rings (SSSR count). The van der Waals surface area contributed by atoms with Crippen LogP contribution in [0.25, 0.3) is 0 Å². The fourth-order valence-corrected chi connectivity index (χ4v) is 2.97. The number of benzene rings is 2. The van der Waals surface area contributed by atoms with Crippen LogP contribution in [0.4, 0.5) is 0 Å². The van der Waals surface area contributed by atoms with Gasteiger partial charge in [-0.25, -0.2) is 0 Å². The van der Waals surface area contributed by atoms with E-state index in [2.05, 4.69) is 56.4 Å². The summed E-state index contributed by atoms with van der Waals surface area (Å²) in [6.45, 7) is 7.39. The van der Waals surface area contributed by atoms with Crippen LogP contribution in [0.2, 0.25) is 5.02 Å². The highest BCUT2D eigenvalue weighted by Gasteiger charge is 2.11. The Labute approximate surface area is 130 Å². The predicted octanol–water partition coefficient (Wildman–Crippen LogP) is 5.38. The number of halogens is 1. The highest BCUT2D eigenvalue weighted by atomic mass is 35.5. The molecule has 0 aliphatic carbocycles. The van der Waals surface area contributed by atoms with Crippen LogP contribution < -0.4 is 5.32 Å². The summed E-state index contributed by atoms with van der Waals surface area (Å²) in [7, 11) is 0. The van der Waals surface area contributed by atoms with Crippen LogP contribution in [0.3, 0.4) is 0 Å². The number of hydrogen-bond acceptors (Lipinski definition) is 2. The lowest BCUT2D eigenvalue weighted by Gasteiger charge is -2.21. The molecule has 106 valence electrons. The van der Waals surface area contributed by atoms with Gasteiger partial charge in [0, 0.05) is 21.9 Å². The van der Waals surface area contributed by atoms with Crippen molar-refractivity contribution in [3.05, 3.63) is 59.1 Å². The summed E-state index contributed by atoms with van der Waals surface area (Å²) >= 11 is 7.96. The van der Waals surface area contributed by atoms with Gasteiger partial charge in [0.1, 0.15) is 0 Å². The molecule has 2 aromatic rings. The molecule has 0 radical (unpaired) electrons. The van der Waals surface area contributed by atoms with Crippen LogP contribution in [-0.4, -0.2) is 5.54 Å². The largest absolute Gasteiger partial charge is 0.308 e. The topological polar surface area (TPSA) is 12.0 Å². The first-order chi connectivity index (χ1) is 9.46. The van der Waals surface area contributed by atoms with Gasteiger partial charge in [-0.3, -0.25) is 0 Å². The highest BCUT2D eigenvalue weighted by molar-refractivity contribution is 7.99. The van der Waals surface area contributed by atoms with Gasteiger partial charge < -0.3 is 5.32 Å². The SMILES string of the molecule is CC(C)(C)NCc1ccccc1Sc1ccccc1Cl. The molecular formula is C17H20ClNS. The van der Waals surface area contributed by atoms with Gasteiger partial charge in [-0.15, -0.1) is 0 Å². The Morgan fingerprint density at radius 3 is 2.20 bits per heavy atom. The molecule has 1 N–H and O–H groups in total. The molecule has 0 fully saturated rings. The van der Waals surface area contributed by atoms with E-state index in [4.69, 9.17) is 11.6 Å². The number of hydrogen-bond donors (Lipinski definition) is 1. The van der Waals surface area contributed by atoms with Crippen molar-refractivity contribution in [2.24, 2.45) is 0 Å². The Kier molecular flexibility index (Phi) is 5.14. The average Bonchev–Trinajstić information content (AvgIpc) is 2.39. The van der Waals surface area contributed by atoms with Crippen molar-refractivity contribution in [1.82, 2.24) is 5.32 Å². The summed E-state index contributed by atoms with van der Waals surface area (Å²) < 4.78 is 0. The molecule has 2 aromatic carbocycles. The molecule has 0 unspecified atom stereocenters. The molecule has 1 nitrogen and oxygen atoms in total. The maximum atomic E-state index is 6.24. The second-order valence-electron chi connectivity index (χ2n) is 5.74. The third-order valence-corrected chi connectivity index (χ3v) is 4.47. The minimum absolute atomic E-state index is 0.113. The van der Waals surface area contributed by atoms with E-state index in [0.717, 1.165) is 16.5 Å². The zero-order valence-corrected chi connectivity index (χ0v) is 13.7. The van der Waals surface area contributed by atoms with E-state index in [1.807, 2.05) is 18.2 Å². The standard InChI is InChI=1S/C17H20ClNS/c1-17(2,3)19-12-13-8-4-6-10-15(13)20-16-11-7-5-9-14(16)18/h4-11,19H,12H2,1-3H3. The van der Waals surface area contributed by atoms with E-state index in [-0.39, 0.29) is 5.54 Å². The molecule has 0 aliphatic rings. The quantitative estimate of drug-likeness (QED) is 0.814. The molecule has 0 heterocycles. The highest BCUT2D eigenvalue weighted by Crippen LogP contribution is 2.34. The van der Waals surface area contributed by atoms with Crippen LogP contribution in [0.15, 0.2) is 58.3 Å². The molecule has 0 saturated heterocycles. The minimum Gasteiger partial charge on any atom is -0.308 e. The zero-order chi connectivity index (χ0) is 14.6. The van der Waals surface area contributed by atoms with Crippen LogP contribution >= 0.6 is 23.4 Å². The molecule has 20 heavy (non-hydrogen) atoms. The Morgan fingerprint density at radius 1 is 0.950 bits per heavy atom. The van der Waals surface area contributed by atoms with Gasteiger partial charge in [-0.2, -0.15) is 0 Å². The van der Waals surface area contributed by atoms with E-state index in [1.54, 1.807) is 11.8 Å². The minimum atomic E-state index is 0.113. The van der Waals surface area contributed by atoms with E-state index in [9.17, 15) is 0 Å². The summed E-state index contributed by atoms with van der Waals surface area (Å²) in [6.07, 6.45) is 0. The third-order valence-electron chi connectivity index (χ3n) is 2.84. The average molecular weight is 306 g/mol. The van der Waals surface area contributed by atoms with Crippen molar-refractivity contribution < 1.29 is 0 Å². The first-order valence-electron chi connectivity index (χ1n) is 6.71. The van der Waals surface area contributed by atoms with Crippen LogP contribution in [-0.2, 0) is 6.54 Å². The number of rotatable bonds is 4. The predicted molar refractivity (Wildman–Crippen MR) is 88.6 cm³/mol. The lowest BCUT2D eigenvalue weighted by molar-refractivity contribution is 0.422. The lowest BCUT2D eigenvalue weighted by Crippen LogP contribution is -2.35. The monoisotopic (exact) mass is 305 g/mol. The Bertz CT molecular complexity index is 575. The Hall–Kier alpha value is -0.960. The van der Waals surface area contributed by atoms with Crippen molar-refractivity contribution in [2.45, 2.75) is 42.6 Å². The summed E-state index contributed by atoms with van der Waals surface area (Å²) in [6, 6.07) is 16.4. The smallest absolute Gasteiger partial charge is 0.0545 e. The van der Waals surface area contributed by atoms with Gasteiger partial charge >= 0.3 is 0 Å². The van der Waals surface area contributed by atoms with Crippen molar-refractivity contribution >= 4 is 23.4 Å². The molecule has 0 atom stereocenters. The summed E-state index contributed by atoms with van der Waals surface area (Å²) in [5.74, 6) is 0. The van der Waals surface area contributed by atoms with Gasteiger partial charge in [0.2, 0.25) is 0 Å². The van der Waals surface area contributed by atoms with Crippen LogP contribution in [0.1, 0.15) is 26.3 Å². The van der Waals surface area contributed by atoms with Crippen molar-refractivity contribution in [3.63, 3.8) is 0 Å².